The first-order valence-electron chi connectivity index (χ1n) is 7.69. The number of hydrogen-bond acceptors (Lipinski definition) is 4. The molecule has 6 heteroatoms. The van der Waals surface area contributed by atoms with Crippen LogP contribution in [0.2, 0.25) is 5.02 Å². The third-order valence-electron chi connectivity index (χ3n) is 3.32. The maximum absolute atomic E-state index is 6.36. The second-order valence-electron chi connectivity index (χ2n) is 5.01. The second-order valence-corrected chi connectivity index (χ2v) is 5.39. The van der Waals surface area contributed by atoms with Crippen molar-refractivity contribution in [3.8, 4) is 0 Å². The van der Waals surface area contributed by atoms with Crippen LogP contribution in [-0.2, 0) is 22.9 Å². The third kappa shape index (κ3) is 5.25. The summed E-state index contributed by atoms with van der Waals surface area (Å²) in [5.74, 6) is 0. The van der Waals surface area contributed by atoms with Gasteiger partial charge in [0.15, 0.2) is 6.29 Å². The molecule has 1 aromatic rings. The number of rotatable bonds is 10. The van der Waals surface area contributed by atoms with E-state index in [9.17, 15) is 0 Å². The molecular formula is C15H28ClN3O2. The number of nitrogens with one attached hydrogen (secondary N) is 1. The molecule has 0 aliphatic heterocycles. The molecule has 0 bridgehead atoms. The van der Waals surface area contributed by atoms with E-state index < -0.39 is 0 Å². The van der Waals surface area contributed by atoms with Crippen LogP contribution in [0, 0.1) is 6.92 Å². The summed E-state index contributed by atoms with van der Waals surface area (Å²) in [4.78, 5) is 0. The maximum atomic E-state index is 6.36. The normalized spacial score (nSPS) is 13.1. The van der Waals surface area contributed by atoms with Crippen LogP contribution in [0.5, 0.6) is 0 Å². The highest BCUT2D eigenvalue weighted by atomic mass is 35.5. The third-order valence-corrected chi connectivity index (χ3v) is 3.81. The zero-order valence-corrected chi connectivity index (χ0v) is 14.5. The molecule has 1 N–H and O–H groups in total. The van der Waals surface area contributed by atoms with Crippen molar-refractivity contribution in [1.82, 2.24) is 15.1 Å². The average Bonchev–Trinajstić information content (AvgIpc) is 2.69. The Hall–Kier alpha value is -0.620. The van der Waals surface area contributed by atoms with Gasteiger partial charge in [-0.3, -0.25) is 4.68 Å². The van der Waals surface area contributed by atoms with Crippen LogP contribution in [0.15, 0.2) is 0 Å². The van der Waals surface area contributed by atoms with Crippen LogP contribution in [0.1, 0.15) is 38.6 Å². The highest BCUT2D eigenvalue weighted by molar-refractivity contribution is 6.31. The molecule has 1 atom stereocenters. The number of ether oxygens (including phenoxy) is 2. The zero-order chi connectivity index (χ0) is 15.8. The minimum absolute atomic E-state index is 0.0529. The summed E-state index contributed by atoms with van der Waals surface area (Å²) in [7, 11) is 1.92. The van der Waals surface area contributed by atoms with Crippen LogP contribution >= 0.6 is 11.6 Å². The molecule has 1 unspecified atom stereocenters. The lowest BCUT2D eigenvalue weighted by molar-refractivity contribution is -0.153. The summed E-state index contributed by atoms with van der Waals surface area (Å²) >= 11 is 6.36. The van der Waals surface area contributed by atoms with Gasteiger partial charge in [0, 0.05) is 26.7 Å². The molecule has 5 nitrogen and oxygen atoms in total. The number of hydrogen-bond donors (Lipinski definition) is 1. The van der Waals surface area contributed by atoms with Crippen molar-refractivity contribution in [3.05, 3.63) is 16.4 Å². The molecular weight excluding hydrogens is 290 g/mol. The summed E-state index contributed by atoms with van der Waals surface area (Å²) in [5, 5.41) is 8.60. The van der Waals surface area contributed by atoms with Gasteiger partial charge in [0.05, 0.1) is 22.5 Å². The van der Waals surface area contributed by atoms with Crippen molar-refractivity contribution in [1.29, 1.82) is 0 Å². The summed E-state index contributed by atoms with van der Waals surface area (Å²) in [6, 6.07) is 0.0529. The largest absolute Gasteiger partial charge is 0.351 e. The average molecular weight is 318 g/mol. The highest BCUT2D eigenvalue weighted by Gasteiger charge is 2.25. The van der Waals surface area contributed by atoms with Gasteiger partial charge in [0.2, 0.25) is 0 Å². The zero-order valence-electron chi connectivity index (χ0n) is 13.8. The van der Waals surface area contributed by atoms with Gasteiger partial charge in [-0.2, -0.15) is 5.10 Å². The molecule has 1 aromatic heterocycles. The van der Waals surface area contributed by atoms with Crippen molar-refractivity contribution in [2.24, 2.45) is 7.05 Å². The molecule has 1 rings (SSSR count). The fraction of sp³-hybridized carbons (Fsp3) is 0.800. The summed E-state index contributed by atoms with van der Waals surface area (Å²) in [5.41, 5.74) is 1.86. The highest BCUT2D eigenvalue weighted by Crippen LogP contribution is 2.22. The molecule has 0 saturated carbocycles. The Morgan fingerprint density at radius 1 is 1.24 bits per heavy atom. The minimum atomic E-state index is -0.280. The molecule has 0 aliphatic carbocycles. The summed E-state index contributed by atoms with van der Waals surface area (Å²) in [6.07, 6.45) is 1.50. The molecule has 0 saturated heterocycles. The summed E-state index contributed by atoms with van der Waals surface area (Å²) in [6.45, 7) is 10.2. The molecule has 122 valence electrons. The number of halogens is 1. The Morgan fingerprint density at radius 3 is 2.29 bits per heavy atom. The first-order valence-corrected chi connectivity index (χ1v) is 8.07. The van der Waals surface area contributed by atoms with Gasteiger partial charge < -0.3 is 14.8 Å². The summed E-state index contributed by atoms with van der Waals surface area (Å²) < 4.78 is 13.3. The predicted molar refractivity (Wildman–Crippen MR) is 85.8 cm³/mol. The van der Waals surface area contributed by atoms with Crippen molar-refractivity contribution >= 4 is 11.6 Å². The molecule has 0 aliphatic rings. The van der Waals surface area contributed by atoms with Gasteiger partial charge in [-0.15, -0.1) is 0 Å². The van der Waals surface area contributed by atoms with Gasteiger partial charge in [-0.1, -0.05) is 18.5 Å². The Balaban J connectivity index is 2.89. The lowest BCUT2D eigenvalue weighted by Crippen LogP contribution is -2.45. The Morgan fingerprint density at radius 2 is 1.86 bits per heavy atom. The quantitative estimate of drug-likeness (QED) is 0.674. The van der Waals surface area contributed by atoms with E-state index in [1.54, 1.807) is 0 Å². The van der Waals surface area contributed by atoms with Crippen molar-refractivity contribution in [2.45, 2.75) is 52.9 Å². The van der Waals surface area contributed by atoms with E-state index in [1.807, 2.05) is 32.5 Å². The molecule has 0 radical (unpaired) electrons. The van der Waals surface area contributed by atoms with Gasteiger partial charge in [-0.25, -0.2) is 0 Å². The van der Waals surface area contributed by atoms with Crippen molar-refractivity contribution in [2.75, 3.05) is 19.8 Å². The van der Waals surface area contributed by atoms with E-state index in [2.05, 4.69) is 17.3 Å². The molecule has 0 aromatic carbocycles. The minimum Gasteiger partial charge on any atom is -0.351 e. The van der Waals surface area contributed by atoms with Crippen LogP contribution in [-0.4, -0.2) is 41.9 Å². The van der Waals surface area contributed by atoms with E-state index in [-0.39, 0.29) is 12.3 Å². The predicted octanol–water partition coefficient (Wildman–Crippen LogP) is 2.69. The molecule has 0 spiro atoms. The van der Waals surface area contributed by atoms with E-state index in [0.29, 0.717) is 13.2 Å². The number of aromatic nitrogens is 2. The van der Waals surface area contributed by atoms with Crippen LogP contribution < -0.4 is 5.32 Å². The smallest absolute Gasteiger partial charge is 0.173 e. The fourth-order valence-electron chi connectivity index (χ4n) is 2.31. The van der Waals surface area contributed by atoms with E-state index in [1.165, 1.54) is 0 Å². The molecule has 0 fully saturated rings. The Kier molecular flexibility index (Phi) is 8.26. The first-order chi connectivity index (χ1) is 10.0. The standard InChI is InChI=1S/C15H28ClN3O2/c1-6-9-17-12(15(20-7-2)21-8-3)10-13-14(16)11(4)18-19(13)5/h12,15,17H,6-10H2,1-5H3. The lowest BCUT2D eigenvalue weighted by Gasteiger charge is -2.28. The Bertz CT molecular complexity index is 417. The second kappa shape index (κ2) is 9.41. The fourth-order valence-corrected chi connectivity index (χ4v) is 2.55. The van der Waals surface area contributed by atoms with Crippen molar-refractivity contribution < 1.29 is 9.47 Å². The molecule has 21 heavy (non-hydrogen) atoms. The van der Waals surface area contributed by atoms with Gasteiger partial charge in [0.1, 0.15) is 0 Å². The van der Waals surface area contributed by atoms with E-state index in [0.717, 1.165) is 35.8 Å². The Labute approximate surface area is 132 Å². The monoisotopic (exact) mass is 317 g/mol. The number of aryl methyl sites for hydroxylation is 2. The molecule has 1 heterocycles. The van der Waals surface area contributed by atoms with Gasteiger partial charge in [0.25, 0.3) is 0 Å². The number of nitrogens with zero attached hydrogens (tertiary/aromatic N) is 2. The SMILES string of the molecule is CCCNC(Cc1c(Cl)c(C)nn1C)C(OCC)OCC. The van der Waals surface area contributed by atoms with Gasteiger partial charge >= 0.3 is 0 Å². The molecule has 0 amide bonds. The van der Waals surface area contributed by atoms with Crippen LogP contribution in [0.25, 0.3) is 0 Å². The topological polar surface area (TPSA) is 48.3 Å². The van der Waals surface area contributed by atoms with Crippen LogP contribution in [0.3, 0.4) is 0 Å². The maximum Gasteiger partial charge on any atom is 0.173 e. The van der Waals surface area contributed by atoms with Crippen LogP contribution in [0.4, 0.5) is 0 Å². The van der Waals surface area contributed by atoms with Gasteiger partial charge in [-0.05, 0) is 33.7 Å². The lowest BCUT2D eigenvalue weighted by atomic mass is 10.1. The van der Waals surface area contributed by atoms with E-state index in [4.69, 9.17) is 21.1 Å². The first kappa shape index (κ1) is 18.4. The van der Waals surface area contributed by atoms with Crippen molar-refractivity contribution in [3.63, 3.8) is 0 Å². The van der Waals surface area contributed by atoms with E-state index >= 15 is 0 Å².